The Hall–Kier alpha value is -1.29. The molecule has 0 unspecified atom stereocenters. The van der Waals surface area contributed by atoms with E-state index in [1.165, 1.54) is 19.3 Å². The number of benzene rings is 1. The zero-order valence-corrected chi connectivity index (χ0v) is 10.7. The Morgan fingerprint density at radius 2 is 1.94 bits per heavy atom. The fourth-order valence-electron chi connectivity index (χ4n) is 1.48. The molecule has 1 aromatic carbocycles. The predicted molar refractivity (Wildman–Crippen MR) is 70.0 cm³/mol. The third-order valence-corrected chi connectivity index (χ3v) is 3.31. The van der Waals surface area contributed by atoms with Gasteiger partial charge < -0.3 is 4.42 Å². The summed E-state index contributed by atoms with van der Waals surface area (Å²) in [6.07, 6.45) is 3.69. The fraction of sp³-hybridized carbons (Fsp3) is 0.385. The van der Waals surface area contributed by atoms with Crippen molar-refractivity contribution >= 4 is 11.8 Å². The van der Waals surface area contributed by atoms with Crippen LogP contribution >= 0.6 is 11.8 Å². The number of thioether (sulfide) groups is 1. The lowest BCUT2D eigenvalue weighted by Crippen LogP contribution is -1.79. The van der Waals surface area contributed by atoms with Crippen LogP contribution in [0.5, 0.6) is 0 Å². The van der Waals surface area contributed by atoms with Crippen LogP contribution in [0.4, 0.5) is 0 Å². The number of aromatic nitrogens is 2. The minimum Gasteiger partial charge on any atom is -0.411 e. The normalized spacial score (nSPS) is 10.6. The Labute approximate surface area is 106 Å². The zero-order valence-electron chi connectivity index (χ0n) is 9.93. The monoisotopic (exact) mass is 248 g/mol. The Morgan fingerprint density at radius 3 is 2.71 bits per heavy atom. The smallest absolute Gasteiger partial charge is 0.276 e. The van der Waals surface area contributed by atoms with Gasteiger partial charge in [0, 0.05) is 11.3 Å². The van der Waals surface area contributed by atoms with Crippen molar-refractivity contribution in [3.05, 3.63) is 30.3 Å². The molecule has 0 atom stereocenters. The van der Waals surface area contributed by atoms with Gasteiger partial charge in [-0.25, -0.2) is 0 Å². The third kappa shape index (κ3) is 3.60. The molecule has 1 heterocycles. The predicted octanol–water partition coefficient (Wildman–Crippen LogP) is 4.02. The van der Waals surface area contributed by atoms with Crippen molar-refractivity contribution in [2.75, 3.05) is 5.75 Å². The maximum Gasteiger partial charge on any atom is 0.276 e. The number of nitrogens with zero attached hydrogens (tertiary/aromatic N) is 2. The first-order chi connectivity index (χ1) is 8.40. The van der Waals surface area contributed by atoms with Crippen molar-refractivity contribution in [1.82, 2.24) is 10.2 Å². The molecule has 17 heavy (non-hydrogen) atoms. The summed E-state index contributed by atoms with van der Waals surface area (Å²) in [6, 6.07) is 9.85. The second-order valence-electron chi connectivity index (χ2n) is 3.79. The van der Waals surface area contributed by atoms with Crippen molar-refractivity contribution in [1.29, 1.82) is 0 Å². The van der Waals surface area contributed by atoms with Crippen LogP contribution in [-0.2, 0) is 0 Å². The van der Waals surface area contributed by atoms with Gasteiger partial charge in [-0.2, -0.15) is 0 Å². The van der Waals surface area contributed by atoms with Crippen molar-refractivity contribution in [3.8, 4) is 11.5 Å². The Morgan fingerprint density at radius 1 is 1.12 bits per heavy atom. The van der Waals surface area contributed by atoms with Crippen LogP contribution in [-0.4, -0.2) is 16.0 Å². The van der Waals surface area contributed by atoms with Gasteiger partial charge in [0.1, 0.15) is 0 Å². The van der Waals surface area contributed by atoms with E-state index in [1.54, 1.807) is 11.8 Å². The molecule has 0 saturated carbocycles. The Bertz CT molecular complexity index is 442. The van der Waals surface area contributed by atoms with Gasteiger partial charge in [0.2, 0.25) is 5.89 Å². The molecule has 0 radical (unpaired) electrons. The summed E-state index contributed by atoms with van der Waals surface area (Å²) in [4.78, 5) is 0. The standard InChI is InChI=1S/C13H16N2OS/c1-2-3-7-10-17-13-15-14-12(16-13)11-8-5-4-6-9-11/h4-6,8-9H,2-3,7,10H2,1H3. The Balaban J connectivity index is 1.92. The van der Waals surface area contributed by atoms with Gasteiger partial charge in [0.15, 0.2) is 0 Å². The van der Waals surface area contributed by atoms with E-state index in [2.05, 4.69) is 17.1 Å². The SMILES string of the molecule is CCCCCSc1nnc(-c2ccccc2)o1. The first kappa shape index (κ1) is 12.2. The lowest BCUT2D eigenvalue weighted by Gasteiger charge is -1.95. The summed E-state index contributed by atoms with van der Waals surface area (Å²) in [5.41, 5.74) is 0.973. The number of unbranched alkanes of at least 4 members (excludes halogenated alkanes) is 2. The summed E-state index contributed by atoms with van der Waals surface area (Å²) in [5.74, 6) is 1.65. The van der Waals surface area contributed by atoms with Crippen molar-refractivity contribution in [3.63, 3.8) is 0 Å². The minimum atomic E-state index is 0.601. The van der Waals surface area contributed by atoms with Crippen LogP contribution in [0.1, 0.15) is 26.2 Å². The first-order valence-corrected chi connectivity index (χ1v) is 6.90. The molecule has 0 bridgehead atoms. The highest BCUT2D eigenvalue weighted by molar-refractivity contribution is 7.99. The van der Waals surface area contributed by atoms with Gasteiger partial charge in [0.05, 0.1) is 0 Å². The molecule has 2 aromatic rings. The van der Waals surface area contributed by atoms with Gasteiger partial charge in [-0.05, 0) is 18.6 Å². The largest absolute Gasteiger partial charge is 0.411 e. The van der Waals surface area contributed by atoms with Crippen LogP contribution in [0.25, 0.3) is 11.5 Å². The van der Waals surface area contributed by atoms with E-state index in [0.29, 0.717) is 11.1 Å². The first-order valence-electron chi connectivity index (χ1n) is 5.92. The highest BCUT2D eigenvalue weighted by Gasteiger charge is 2.07. The van der Waals surface area contributed by atoms with E-state index in [-0.39, 0.29) is 0 Å². The third-order valence-electron chi connectivity index (χ3n) is 2.40. The van der Waals surface area contributed by atoms with Gasteiger partial charge >= 0.3 is 0 Å². The van der Waals surface area contributed by atoms with Crippen molar-refractivity contribution in [2.24, 2.45) is 0 Å². The van der Waals surface area contributed by atoms with Crippen LogP contribution in [0.3, 0.4) is 0 Å². The fourth-order valence-corrected chi connectivity index (χ4v) is 2.24. The minimum absolute atomic E-state index is 0.601. The van der Waals surface area contributed by atoms with E-state index >= 15 is 0 Å². The molecule has 2 rings (SSSR count). The second-order valence-corrected chi connectivity index (χ2v) is 4.84. The zero-order chi connectivity index (χ0) is 11.9. The molecule has 3 nitrogen and oxygen atoms in total. The van der Waals surface area contributed by atoms with E-state index < -0.39 is 0 Å². The second kappa shape index (κ2) is 6.45. The van der Waals surface area contributed by atoms with E-state index in [0.717, 1.165) is 11.3 Å². The molecule has 0 fully saturated rings. The van der Waals surface area contributed by atoms with Crippen LogP contribution < -0.4 is 0 Å². The van der Waals surface area contributed by atoms with Gasteiger partial charge in [-0.1, -0.05) is 49.7 Å². The molecule has 0 spiro atoms. The van der Waals surface area contributed by atoms with Crippen LogP contribution in [0.2, 0.25) is 0 Å². The van der Waals surface area contributed by atoms with Crippen molar-refractivity contribution < 1.29 is 4.42 Å². The summed E-state index contributed by atoms with van der Waals surface area (Å²) >= 11 is 1.64. The maximum atomic E-state index is 5.59. The van der Waals surface area contributed by atoms with Crippen LogP contribution in [0, 0.1) is 0 Å². The number of rotatable bonds is 6. The van der Waals surface area contributed by atoms with Crippen LogP contribution in [0.15, 0.2) is 40.0 Å². The summed E-state index contributed by atoms with van der Waals surface area (Å²) in [6.45, 7) is 2.20. The maximum absolute atomic E-state index is 5.59. The van der Waals surface area contributed by atoms with E-state index in [1.807, 2.05) is 30.3 Å². The molecular weight excluding hydrogens is 232 g/mol. The lowest BCUT2D eigenvalue weighted by molar-refractivity contribution is 0.465. The molecule has 0 N–H and O–H groups in total. The van der Waals surface area contributed by atoms with E-state index in [4.69, 9.17) is 4.42 Å². The highest BCUT2D eigenvalue weighted by atomic mass is 32.2. The molecule has 0 aliphatic carbocycles. The molecule has 1 aromatic heterocycles. The number of hydrogen-bond donors (Lipinski definition) is 0. The van der Waals surface area contributed by atoms with Crippen molar-refractivity contribution in [2.45, 2.75) is 31.4 Å². The topological polar surface area (TPSA) is 38.9 Å². The average Bonchev–Trinajstić information content (AvgIpc) is 2.85. The molecule has 90 valence electrons. The molecule has 0 aliphatic rings. The van der Waals surface area contributed by atoms with Gasteiger partial charge in [-0.3, -0.25) is 0 Å². The summed E-state index contributed by atoms with van der Waals surface area (Å²) in [5, 5.41) is 8.75. The van der Waals surface area contributed by atoms with Gasteiger partial charge in [0.25, 0.3) is 5.22 Å². The molecule has 0 aliphatic heterocycles. The molecule has 4 heteroatoms. The van der Waals surface area contributed by atoms with E-state index in [9.17, 15) is 0 Å². The molecular formula is C13H16N2OS. The molecule has 0 amide bonds. The lowest BCUT2D eigenvalue weighted by atomic mass is 10.2. The van der Waals surface area contributed by atoms with Gasteiger partial charge in [-0.15, -0.1) is 10.2 Å². The highest BCUT2D eigenvalue weighted by Crippen LogP contribution is 2.23. The number of hydrogen-bond acceptors (Lipinski definition) is 4. The summed E-state index contributed by atoms with van der Waals surface area (Å²) in [7, 11) is 0. The molecule has 0 saturated heterocycles. The Kier molecular flexibility index (Phi) is 4.62. The average molecular weight is 248 g/mol. The quantitative estimate of drug-likeness (QED) is 0.571. The summed E-state index contributed by atoms with van der Waals surface area (Å²) < 4.78 is 5.59.